The number of hydrogen-bond donors (Lipinski definition) is 2. The van der Waals surface area contributed by atoms with Crippen LogP contribution in [0.25, 0.3) is 22.5 Å². The SMILES string of the molecule is Br.Br.CCCCCCn1c(-c2cccc(-c3csc(=N)n3CCCCCC)c2)csc1=N. The quantitative estimate of drug-likeness (QED) is 0.197. The van der Waals surface area contributed by atoms with Gasteiger partial charge in [-0.05, 0) is 30.0 Å². The molecule has 1 aromatic carbocycles. The molecule has 0 saturated heterocycles. The lowest BCUT2D eigenvalue weighted by Gasteiger charge is -2.12. The number of unbranched alkanes of at least 4 members (excludes halogenated alkanes) is 6. The van der Waals surface area contributed by atoms with Gasteiger partial charge in [-0.25, -0.2) is 0 Å². The second-order valence-electron chi connectivity index (χ2n) is 7.86. The van der Waals surface area contributed by atoms with Gasteiger partial charge in [-0.1, -0.05) is 70.6 Å². The molecule has 0 aliphatic carbocycles. The van der Waals surface area contributed by atoms with E-state index in [0.717, 1.165) is 48.4 Å². The van der Waals surface area contributed by atoms with E-state index in [9.17, 15) is 0 Å². The molecule has 0 fully saturated rings. The lowest BCUT2D eigenvalue weighted by molar-refractivity contribution is 0.574. The van der Waals surface area contributed by atoms with E-state index in [1.807, 2.05) is 0 Å². The number of nitrogens with zero attached hydrogens (tertiary/aromatic N) is 2. The third-order valence-corrected chi connectivity index (χ3v) is 7.13. The van der Waals surface area contributed by atoms with E-state index in [-0.39, 0.29) is 34.0 Å². The van der Waals surface area contributed by atoms with E-state index in [4.69, 9.17) is 10.8 Å². The van der Waals surface area contributed by atoms with Crippen LogP contribution in [0.5, 0.6) is 0 Å². The molecule has 0 radical (unpaired) electrons. The largest absolute Gasteiger partial charge is 0.317 e. The molecular formula is C24H36Br2N4S2. The molecule has 32 heavy (non-hydrogen) atoms. The van der Waals surface area contributed by atoms with E-state index < -0.39 is 0 Å². The van der Waals surface area contributed by atoms with Crippen LogP contribution in [0, 0.1) is 10.8 Å². The third-order valence-electron chi connectivity index (χ3n) is 5.56. The highest BCUT2D eigenvalue weighted by Crippen LogP contribution is 2.28. The summed E-state index contributed by atoms with van der Waals surface area (Å²) in [5.74, 6) is 0. The smallest absolute Gasteiger partial charge is 0.182 e. The summed E-state index contributed by atoms with van der Waals surface area (Å²) in [6, 6.07) is 8.63. The summed E-state index contributed by atoms with van der Waals surface area (Å²) in [4.78, 5) is 1.25. The van der Waals surface area contributed by atoms with Gasteiger partial charge in [0.2, 0.25) is 0 Å². The van der Waals surface area contributed by atoms with Gasteiger partial charge < -0.3 is 9.13 Å². The van der Waals surface area contributed by atoms with E-state index in [0.29, 0.717) is 9.60 Å². The topological polar surface area (TPSA) is 57.6 Å². The van der Waals surface area contributed by atoms with Crippen LogP contribution in [0.1, 0.15) is 65.2 Å². The van der Waals surface area contributed by atoms with Crippen molar-refractivity contribution in [1.29, 1.82) is 10.8 Å². The van der Waals surface area contributed by atoms with E-state index in [2.05, 4.69) is 58.0 Å². The Hall–Kier alpha value is -0.960. The summed E-state index contributed by atoms with van der Waals surface area (Å²) in [5, 5.41) is 20.9. The van der Waals surface area contributed by atoms with Gasteiger partial charge in [0.05, 0.1) is 11.4 Å². The first-order valence-electron chi connectivity index (χ1n) is 11.2. The number of benzene rings is 1. The zero-order chi connectivity index (χ0) is 21.3. The second-order valence-corrected chi connectivity index (χ2v) is 9.57. The minimum atomic E-state index is 0. The molecule has 2 N–H and O–H groups in total. The fourth-order valence-corrected chi connectivity index (χ4v) is 5.43. The van der Waals surface area contributed by atoms with Crippen molar-refractivity contribution < 1.29 is 0 Å². The number of aromatic nitrogens is 2. The number of rotatable bonds is 12. The Bertz CT molecular complexity index is 969. The number of hydrogen-bond acceptors (Lipinski definition) is 4. The lowest BCUT2D eigenvalue weighted by atomic mass is 10.1. The summed E-state index contributed by atoms with van der Waals surface area (Å²) in [7, 11) is 0. The van der Waals surface area contributed by atoms with Crippen molar-refractivity contribution in [2.75, 3.05) is 0 Å². The molecule has 0 aliphatic heterocycles. The minimum absolute atomic E-state index is 0. The van der Waals surface area contributed by atoms with Crippen molar-refractivity contribution in [1.82, 2.24) is 9.13 Å². The highest BCUT2D eigenvalue weighted by molar-refractivity contribution is 8.93. The normalized spacial score (nSPS) is 10.6. The first-order chi connectivity index (χ1) is 14.7. The number of thiazole rings is 2. The average molecular weight is 605 g/mol. The Morgan fingerprint density at radius 1 is 0.688 bits per heavy atom. The van der Waals surface area contributed by atoms with E-state index in [1.54, 1.807) is 0 Å². The molecule has 0 aliphatic rings. The van der Waals surface area contributed by atoms with Crippen LogP contribution in [0.15, 0.2) is 35.0 Å². The maximum absolute atomic E-state index is 8.34. The van der Waals surface area contributed by atoms with Crippen LogP contribution in [-0.2, 0) is 13.1 Å². The first kappa shape index (κ1) is 29.1. The summed E-state index contributed by atoms with van der Waals surface area (Å²) in [6.45, 7) is 6.28. The van der Waals surface area contributed by atoms with Crippen molar-refractivity contribution in [3.05, 3.63) is 44.6 Å². The van der Waals surface area contributed by atoms with Crippen LogP contribution in [0.2, 0.25) is 0 Å². The van der Waals surface area contributed by atoms with Crippen LogP contribution >= 0.6 is 56.6 Å². The van der Waals surface area contributed by atoms with Crippen LogP contribution in [-0.4, -0.2) is 9.13 Å². The summed E-state index contributed by atoms with van der Waals surface area (Å²) < 4.78 is 4.31. The highest BCUT2D eigenvalue weighted by Gasteiger charge is 2.11. The molecule has 0 saturated carbocycles. The summed E-state index contributed by atoms with van der Waals surface area (Å²) >= 11 is 3.02. The molecule has 2 aromatic heterocycles. The Labute approximate surface area is 220 Å². The Morgan fingerprint density at radius 3 is 1.53 bits per heavy atom. The fourth-order valence-electron chi connectivity index (χ4n) is 3.82. The standard InChI is InChI=1S/C24H34N4S2.2BrH/c1-3-5-7-9-14-27-21(17-29-23(27)25)19-12-11-13-20(16-19)22-18-30-24(26)28(22)15-10-8-6-4-2;;/h11-13,16-18,25-26H,3-10,14-15H2,1-2H3;2*1H. The average Bonchev–Trinajstić information content (AvgIpc) is 3.31. The van der Waals surface area contributed by atoms with Gasteiger partial charge in [0.15, 0.2) is 9.60 Å². The molecule has 4 nitrogen and oxygen atoms in total. The lowest BCUT2D eigenvalue weighted by Crippen LogP contribution is -2.15. The number of nitrogens with one attached hydrogen (secondary N) is 2. The molecule has 0 amide bonds. The molecule has 0 unspecified atom stereocenters. The van der Waals surface area contributed by atoms with Gasteiger partial charge in [0.25, 0.3) is 0 Å². The Kier molecular flexibility index (Phi) is 13.7. The van der Waals surface area contributed by atoms with Gasteiger partial charge in [-0.2, -0.15) is 0 Å². The second kappa shape index (κ2) is 15.0. The van der Waals surface area contributed by atoms with Crippen molar-refractivity contribution in [2.24, 2.45) is 0 Å². The van der Waals surface area contributed by atoms with E-state index in [1.165, 1.54) is 61.2 Å². The molecule has 3 aromatic rings. The maximum atomic E-state index is 8.34. The molecular weight excluding hydrogens is 568 g/mol. The zero-order valence-corrected chi connectivity index (χ0v) is 24.1. The van der Waals surface area contributed by atoms with Crippen molar-refractivity contribution >= 4 is 56.6 Å². The fraction of sp³-hybridized carbons (Fsp3) is 0.500. The molecule has 0 atom stereocenters. The summed E-state index contributed by atoms with van der Waals surface area (Å²) in [6.07, 6.45) is 9.66. The van der Waals surface area contributed by atoms with Gasteiger partial charge in [-0.3, -0.25) is 10.8 Å². The highest BCUT2D eigenvalue weighted by atomic mass is 79.9. The molecule has 3 rings (SSSR count). The molecule has 0 bridgehead atoms. The van der Waals surface area contributed by atoms with Crippen molar-refractivity contribution in [3.8, 4) is 22.5 Å². The molecule has 2 heterocycles. The predicted octanol–water partition coefficient (Wildman–Crippen LogP) is 8.02. The number of halogens is 2. The van der Waals surface area contributed by atoms with Crippen LogP contribution in [0.4, 0.5) is 0 Å². The van der Waals surface area contributed by atoms with Gasteiger partial charge in [0, 0.05) is 23.8 Å². The predicted molar refractivity (Wildman–Crippen MR) is 150 cm³/mol. The van der Waals surface area contributed by atoms with Gasteiger partial charge in [0.1, 0.15) is 0 Å². The van der Waals surface area contributed by atoms with Crippen molar-refractivity contribution in [2.45, 2.75) is 78.3 Å². The zero-order valence-electron chi connectivity index (χ0n) is 19.1. The monoisotopic (exact) mass is 602 g/mol. The van der Waals surface area contributed by atoms with Crippen LogP contribution in [0.3, 0.4) is 0 Å². The summed E-state index contributed by atoms with van der Waals surface area (Å²) in [5.41, 5.74) is 4.60. The maximum Gasteiger partial charge on any atom is 0.182 e. The van der Waals surface area contributed by atoms with Gasteiger partial charge in [-0.15, -0.1) is 56.6 Å². The third kappa shape index (κ3) is 7.54. The molecule has 178 valence electrons. The van der Waals surface area contributed by atoms with Crippen molar-refractivity contribution in [3.63, 3.8) is 0 Å². The minimum Gasteiger partial charge on any atom is -0.317 e. The van der Waals surface area contributed by atoms with Crippen LogP contribution < -0.4 is 9.60 Å². The Morgan fingerprint density at radius 2 is 1.12 bits per heavy atom. The Balaban J connectivity index is 0.00000256. The van der Waals surface area contributed by atoms with E-state index >= 15 is 0 Å². The molecule has 0 spiro atoms. The molecule has 8 heteroatoms. The van der Waals surface area contributed by atoms with Gasteiger partial charge >= 0.3 is 0 Å². The first-order valence-corrected chi connectivity index (χ1v) is 13.0.